The maximum Gasteiger partial charge on any atom is 0.305 e. The van der Waals surface area contributed by atoms with Gasteiger partial charge in [0, 0.05) is 26.1 Å². The molecule has 0 spiro atoms. The molecule has 0 aliphatic heterocycles. The maximum atomic E-state index is 11.1. The van der Waals surface area contributed by atoms with E-state index in [-0.39, 0.29) is 11.9 Å². The van der Waals surface area contributed by atoms with Crippen LogP contribution in [0.1, 0.15) is 18.9 Å². The van der Waals surface area contributed by atoms with Crippen molar-refractivity contribution in [1.29, 1.82) is 0 Å². The Labute approximate surface area is 101 Å². The topological polar surface area (TPSA) is 46.6 Å². The summed E-state index contributed by atoms with van der Waals surface area (Å²) in [4.78, 5) is 23.7. The first-order chi connectivity index (χ1) is 8.04. The second-order valence-corrected chi connectivity index (χ2v) is 3.82. The van der Waals surface area contributed by atoms with Gasteiger partial charge in [-0.2, -0.15) is 0 Å². The lowest BCUT2D eigenvalue weighted by atomic mass is 10.1. The van der Waals surface area contributed by atoms with Crippen LogP contribution in [0.4, 0.5) is 5.69 Å². The summed E-state index contributed by atoms with van der Waals surface area (Å²) < 4.78 is 4.57. The number of benzene rings is 1. The van der Waals surface area contributed by atoms with Gasteiger partial charge < -0.3 is 9.64 Å². The lowest BCUT2D eigenvalue weighted by Gasteiger charge is -2.15. The van der Waals surface area contributed by atoms with Crippen molar-refractivity contribution in [2.75, 3.05) is 19.1 Å². The number of ether oxygens (including phenoxy) is 1. The van der Waals surface area contributed by atoms with Crippen LogP contribution in [0.15, 0.2) is 24.3 Å². The molecule has 4 heteroatoms. The summed E-state index contributed by atoms with van der Waals surface area (Å²) in [5, 5.41) is 0. The van der Waals surface area contributed by atoms with Crippen molar-refractivity contribution in [2.24, 2.45) is 0 Å². The Kier molecular flexibility index (Phi) is 4.69. The number of carbonyl (C=O) groups excluding carboxylic acids is 2. The summed E-state index contributed by atoms with van der Waals surface area (Å²) in [6.45, 7) is 1.52. The molecule has 0 atom stereocenters. The highest BCUT2D eigenvalue weighted by molar-refractivity contribution is 5.90. The minimum Gasteiger partial charge on any atom is -0.469 e. The second-order valence-electron chi connectivity index (χ2n) is 3.82. The van der Waals surface area contributed by atoms with Crippen molar-refractivity contribution in [1.82, 2.24) is 0 Å². The lowest BCUT2D eigenvalue weighted by Crippen LogP contribution is -2.22. The molecule has 1 aromatic rings. The van der Waals surface area contributed by atoms with Crippen LogP contribution < -0.4 is 4.90 Å². The first-order valence-corrected chi connectivity index (χ1v) is 5.44. The summed E-state index contributed by atoms with van der Waals surface area (Å²) in [5.41, 5.74) is 1.90. The number of hydrogen-bond donors (Lipinski definition) is 0. The molecule has 0 saturated carbocycles. The minimum absolute atomic E-state index is 0.00712. The molecule has 0 unspecified atom stereocenters. The van der Waals surface area contributed by atoms with Crippen LogP contribution in [0, 0.1) is 0 Å². The average Bonchev–Trinajstić information content (AvgIpc) is 2.35. The van der Waals surface area contributed by atoms with Crippen molar-refractivity contribution in [3.63, 3.8) is 0 Å². The number of esters is 1. The number of nitrogens with zero attached hydrogens (tertiary/aromatic N) is 1. The van der Waals surface area contributed by atoms with E-state index in [1.165, 1.54) is 14.0 Å². The Morgan fingerprint density at radius 2 is 1.82 bits per heavy atom. The monoisotopic (exact) mass is 235 g/mol. The molecular weight excluding hydrogens is 218 g/mol. The van der Waals surface area contributed by atoms with Gasteiger partial charge in [0.05, 0.1) is 7.11 Å². The predicted octanol–water partition coefficient (Wildman–Crippen LogP) is 1.77. The van der Waals surface area contributed by atoms with Crippen molar-refractivity contribution in [3.8, 4) is 0 Å². The van der Waals surface area contributed by atoms with E-state index in [2.05, 4.69) is 4.74 Å². The second kappa shape index (κ2) is 6.03. The summed E-state index contributed by atoms with van der Waals surface area (Å²) in [6, 6.07) is 7.57. The van der Waals surface area contributed by atoms with Gasteiger partial charge in [-0.15, -0.1) is 0 Å². The number of aryl methyl sites for hydroxylation is 1. The van der Waals surface area contributed by atoms with Crippen LogP contribution in [0.25, 0.3) is 0 Å². The minimum atomic E-state index is -0.213. The van der Waals surface area contributed by atoms with E-state index in [9.17, 15) is 9.59 Å². The third-order valence-corrected chi connectivity index (χ3v) is 2.64. The number of rotatable bonds is 4. The fraction of sp³-hybridized carbons (Fsp3) is 0.385. The van der Waals surface area contributed by atoms with Gasteiger partial charge >= 0.3 is 5.97 Å². The molecule has 0 radical (unpaired) electrons. The third kappa shape index (κ3) is 3.90. The van der Waals surface area contributed by atoms with Gasteiger partial charge in [0.15, 0.2) is 0 Å². The smallest absolute Gasteiger partial charge is 0.305 e. The van der Waals surface area contributed by atoms with Crippen LogP contribution >= 0.6 is 0 Å². The molecule has 0 aliphatic rings. The first-order valence-electron chi connectivity index (χ1n) is 5.44. The SMILES string of the molecule is COC(=O)CCc1ccc(N(C)C(C)=O)cc1. The van der Waals surface area contributed by atoms with Gasteiger partial charge in [-0.25, -0.2) is 0 Å². The molecule has 4 nitrogen and oxygen atoms in total. The Morgan fingerprint density at radius 1 is 1.24 bits per heavy atom. The van der Waals surface area contributed by atoms with Crippen molar-refractivity contribution >= 4 is 17.6 Å². The molecule has 0 bridgehead atoms. The molecule has 0 N–H and O–H groups in total. The van der Waals surface area contributed by atoms with Gasteiger partial charge in [-0.3, -0.25) is 9.59 Å². The van der Waals surface area contributed by atoms with Crippen molar-refractivity contribution in [3.05, 3.63) is 29.8 Å². The van der Waals surface area contributed by atoms with Gasteiger partial charge in [-0.05, 0) is 24.1 Å². The molecular formula is C13H17NO3. The molecule has 0 aromatic heterocycles. The van der Waals surface area contributed by atoms with Crippen LogP contribution in [0.2, 0.25) is 0 Å². The number of amides is 1. The van der Waals surface area contributed by atoms with E-state index in [1.54, 1.807) is 11.9 Å². The average molecular weight is 235 g/mol. The normalized spacial score (nSPS) is 9.82. The van der Waals surface area contributed by atoms with Crippen molar-refractivity contribution in [2.45, 2.75) is 19.8 Å². The van der Waals surface area contributed by atoms with E-state index in [0.717, 1.165) is 11.3 Å². The largest absolute Gasteiger partial charge is 0.469 e. The zero-order chi connectivity index (χ0) is 12.8. The van der Waals surface area contributed by atoms with Gasteiger partial charge in [0.2, 0.25) is 5.91 Å². The predicted molar refractivity (Wildman–Crippen MR) is 65.9 cm³/mol. The number of anilines is 1. The molecule has 0 saturated heterocycles. The Hall–Kier alpha value is -1.84. The van der Waals surface area contributed by atoms with Crippen LogP contribution in [0.3, 0.4) is 0 Å². The quantitative estimate of drug-likeness (QED) is 0.747. The molecule has 1 aromatic carbocycles. The van der Waals surface area contributed by atoms with Crippen molar-refractivity contribution < 1.29 is 14.3 Å². The van der Waals surface area contributed by atoms with E-state index in [1.807, 2.05) is 24.3 Å². The van der Waals surface area contributed by atoms with E-state index >= 15 is 0 Å². The molecule has 92 valence electrons. The molecule has 1 amide bonds. The number of hydrogen-bond acceptors (Lipinski definition) is 3. The highest BCUT2D eigenvalue weighted by atomic mass is 16.5. The Bertz CT molecular complexity index is 398. The molecule has 0 heterocycles. The first kappa shape index (κ1) is 13.2. The zero-order valence-corrected chi connectivity index (χ0v) is 10.4. The standard InChI is InChI=1S/C13H17NO3/c1-10(15)14(2)12-7-4-11(5-8-12)6-9-13(16)17-3/h4-5,7-8H,6,9H2,1-3H3. The fourth-order valence-corrected chi connectivity index (χ4v) is 1.42. The fourth-order valence-electron chi connectivity index (χ4n) is 1.42. The molecule has 17 heavy (non-hydrogen) atoms. The molecule has 0 aliphatic carbocycles. The summed E-state index contributed by atoms with van der Waals surface area (Å²) in [6.07, 6.45) is 1.02. The van der Waals surface area contributed by atoms with Crippen LogP contribution in [-0.4, -0.2) is 26.0 Å². The maximum absolute atomic E-state index is 11.1. The van der Waals surface area contributed by atoms with E-state index < -0.39 is 0 Å². The molecule has 0 fully saturated rings. The van der Waals surface area contributed by atoms with E-state index in [4.69, 9.17) is 0 Å². The summed E-state index contributed by atoms with van der Waals surface area (Å²) in [7, 11) is 3.11. The van der Waals surface area contributed by atoms with Gasteiger partial charge in [0.1, 0.15) is 0 Å². The van der Waals surface area contributed by atoms with Gasteiger partial charge in [0.25, 0.3) is 0 Å². The highest BCUT2D eigenvalue weighted by Crippen LogP contribution is 2.15. The highest BCUT2D eigenvalue weighted by Gasteiger charge is 2.05. The third-order valence-electron chi connectivity index (χ3n) is 2.64. The van der Waals surface area contributed by atoms with Crippen LogP contribution in [-0.2, 0) is 20.7 Å². The molecule has 1 rings (SSSR count). The van der Waals surface area contributed by atoms with Gasteiger partial charge in [-0.1, -0.05) is 12.1 Å². The van der Waals surface area contributed by atoms with Crippen LogP contribution in [0.5, 0.6) is 0 Å². The zero-order valence-electron chi connectivity index (χ0n) is 10.4. The summed E-state index contributed by atoms with van der Waals surface area (Å²) in [5.74, 6) is -0.220. The number of methoxy groups -OCH3 is 1. The number of carbonyl (C=O) groups is 2. The lowest BCUT2D eigenvalue weighted by molar-refractivity contribution is -0.140. The summed E-state index contributed by atoms with van der Waals surface area (Å²) >= 11 is 0. The Morgan fingerprint density at radius 3 is 2.29 bits per heavy atom. The van der Waals surface area contributed by atoms with E-state index in [0.29, 0.717) is 12.8 Å². The Balaban J connectivity index is 2.62.